The van der Waals surface area contributed by atoms with Crippen LogP contribution < -0.4 is 4.90 Å². The molecule has 0 saturated carbocycles. The standard InChI is InChI=1S/C16H20N4O2/c1-13-11-15(20(17-13)14-5-3-2-4-6-14)19-9-7-18(8-10-19)12-16(21)22/h2-6,11H,7-10,12H2,1H3,(H,21,22). The van der Waals surface area contributed by atoms with Crippen molar-refractivity contribution in [2.45, 2.75) is 6.92 Å². The fourth-order valence-corrected chi connectivity index (χ4v) is 2.80. The Balaban J connectivity index is 1.78. The Kier molecular flexibility index (Phi) is 4.11. The topological polar surface area (TPSA) is 61.6 Å². The normalized spacial score (nSPS) is 16.0. The highest BCUT2D eigenvalue weighted by molar-refractivity contribution is 5.69. The fraction of sp³-hybridized carbons (Fsp3) is 0.375. The summed E-state index contributed by atoms with van der Waals surface area (Å²) < 4.78 is 1.96. The third kappa shape index (κ3) is 3.12. The zero-order valence-corrected chi connectivity index (χ0v) is 12.6. The van der Waals surface area contributed by atoms with Gasteiger partial charge in [-0.2, -0.15) is 5.10 Å². The summed E-state index contributed by atoms with van der Waals surface area (Å²) in [6, 6.07) is 12.2. The van der Waals surface area contributed by atoms with Crippen LogP contribution in [-0.4, -0.2) is 58.5 Å². The summed E-state index contributed by atoms with van der Waals surface area (Å²) in [5, 5.41) is 13.5. The molecule has 0 atom stereocenters. The molecule has 0 radical (unpaired) electrons. The summed E-state index contributed by atoms with van der Waals surface area (Å²) in [5.74, 6) is 0.303. The van der Waals surface area contributed by atoms with Crippen molar-refractivity contribution in [2.24, 2.45) is 0 Å². The van der Waals surface area contributed by atoms with Crippen LogP contribution in [0.2, 0.25) is 0 Å². The molecule has 1 N–H and O–H groups in total. The number of para-hydroxylation sites is 1. The molecule has 3 rings (SSSR count). The number of aromatic nitrogens is 2. The molecule has 2 aromatic rings. The molecule has 1 aromatic heterocycles. The van der Waals surface area contributed by atoms with Crippen LogP contribution in [0.1, 0.15) is 5.69 Å². The van der Waals surface area contributed by atoms with Crippen molar-refractivity contribution in [2.75, 3.05) is 37.6 Å². The first-order valence-corrected chi connectivity index (χ1v) is 7.44. The first kappa shape index (κ1) is 14.6. The number of nitrogens with zero attached hydrogens (tertiary/aromatic N) is 4. The molecule has 0 unspecified atom stereocenters. The number of carboxylic acid groups (broad SMARTS) is 1. The summed E-state index contributed by atoms with van der Waals surface area (Å²) in [7, 11) is 0. The van der Waals surface area contributed by atoms with Crippen LogP contribution in [-0.2, 0) is 4.79 Å². The van der Waals surface area contributed by atoms with E-state index in [1.165, 1.54) is 0 Å². The number of hydrogen-bond acceptors (Lipinski definition) is 4. The molecule has 6 nitrogen and oxygen atoms in total. The second kappa shape index (κ2) is 6.19. The lowest BCUT2D eigenvalue weighted by Crippen LogP contribution is -2.48. The molecule has 22 heavy (non-hydrogen) atoms. The number of carbonyl (C=O) groups is 1. The minimum atomic E-state index is -0.765. The molecule has 1 aliphatic heterocycles. The van der Waals surface area contributed by atoms with E-state index in [0.717, 1.165) is 43.4 Å². The van der Waals surface area contributed by atoms with Crippen LogP contribution in [0.25, 0.3) is 5.69 Å². The molecule has 0 amide bonds. The van der Waals surface area contributed by atoms with E-state index in [2.05, 4.69) is 16.1 Å². The van der Waals surface area contributed by atoms with Crippen LogP contribution in [0.5, 0.6) is 0 Å². The third-order valence-corrected chi connectivity index (χ3v) is 3.87. The van der Waals surface area contributed by atoms with Gasteiger partial charge >= 0.3 is 5.97 Å². The van der Waals surface area contributed by atoms with Gasteiger partial charge in [-0.25, -0.2) is 4.68 Å². The Morgan fingerprint density at radius 1 is 1.18 bits per heavy atom. The number of anilines is 1. The predicted molar refractivity (Wildman–Crippen MR) is 84.6 cm³/mol. The molecule has 2 heterocycles. The van der Waals surface area contributed by atoms with Gasteiger partial charge in [-0.3, -0.25) is 9.69 Å². The van der Waals surface area contributed by atoms with E-state index in [-0.39, 0.29) is 6.54 Å². The molecular weight excluding hydrogens is 280 g/mol. The molecule has 1 aliphatic rings. The number of rotatable bonds is 4. The summed E-state index contributed by atoms with van der Waals surface area (Å²) >= 11 is 0. The van der Waals surface area contributed by atoms with Gasteiger partial charge in [-0.05, 0) is 19.1 Å². The quantitative estimate of drug-likeness (QED) is 0.924. The van der Waals surface area contributed by atoms with Gasteiger partial charge < -0.3 is 10.0 Å². The van der Waals surface area contributed by atoms with Gasteiger partial charge in [0.2, 0.25) is 0 Å². The molecular formula is C16H20N4O2. The Hall–Kier alpha value is -2.34. The molecule has 1 aromatic carbocycles. The number of aryl methyl sites for hydroxylation is 1. The second-order valence-corrected chi connectivity index (χ2v) is 5.55. The monoisotopic (exact) mass is 300 g/mol. The van der Waals surface area contributed by atoms with Crippen molar-refractivity contribution >= 4 is 11.8 Å². The van der Waals surface area contributed by atoms with Crippen LogP contribution in [0, 0.1) is 6.92 Å². The number of hydrogen-bond donors (Lipinski definition) is 1. The zero-order chi connectivity index (χ0) is 15.5. The van der Waals surface area contributed by atoms with Gasteiger partial charge in [-0.15, -0.1) is 0 Å². The van der Waals surface area contributed by atoms with E-state index < -0.39 is 5.97 Å². The Morgan fingerprint density at radius 3 is 2.50 bits per heavy atom. The minimum Gasteiger partial charge on any atom is -0.480 e. The van der Waals surface area contributed by atoms with E-state index in [9.17, 15) is 4.79 Å². The molecule has 0 bridgehead atoms. The van der Waals surface area contributed by atoms with Crippen molar-refractivity contribution in [1.82, 2.24) is 14.7 Å². The molecule has 0 aliphatic carbocycles. The minimum absolute atomic E-state index is 0.116. The molecule has 1 saturated heterocycles. The lowest BCUT2D eigenvalue weighted by molar-refractivity contribution is -0.138. The summed E-state index contributed by atoms with van der Waals surface area (Å²) in [5.41, 5.74) is 2.02. The molecule has 1 fully saturated rings. The number of carboxylic acids is 1. The number of benzene rings is 1. The SMILES string of the molecule is Cc1cc(N2CCN(CC(=O)O)CC2)n(-c2ccccc2)n1. The molecule has 0 spiro atoms. The highest BCUT2D eigenvalue weighted by Crippen LogP contribution is 2.22. The van der Waals surface area contributed by atoms with E-state index in [4.69, 9.17) is 5.11 Å². The van der Waals surface area contributed by atoms with Crippen molar-refractivity contribution in [3.8, 4) is 5.69 Å². The van der Waals surface area contributed by atoms with Crippen LogP contribution in [0.4, 0.5) is 5.82 Å². The van der Waals surface area contributed by atoms with Crippen LogP contribution in [0.15, 0.2) is 36.4 Å². The number of aliphatic carboxylic acids is 1. The first-order chi connectivity index (χ1) is 10.6. The second-order valence-electron chi connectivity index (χ2n) is 5.55. The van der Waals surface area contributed by atoms with Crippen molar-refractivity contribution < 1.29 is 9.90 Å². The third-order valence-electron chi connectivity index (χ3n) is 3.87. The maximum absolute atomic E-state index is 10.8. The van der Waals surface area contributed by atoms with E-state index in [1.54, 1.807) is 0 Å². The van der Waals surface area contributed by atoms with E-state index in [0.29, 0.717) is 0 Å². The maximum Gasteiger partial charge on any atom is 0.317 e. The Labute approximate surface area is 129 Å². The largest absolute Gasteiger partial charge is 0.480 e. The van der Waals surface area contributed by atoms with Gasteiger partial charge in [0.15, 0.2) is 0 Å². The molecule has 6 heteroatoms. The average molecular weight is 300 g/mol. The zero-order valence-electron chi connectivity index (χ0n) is 12.6. The highest BCUT2D eigenvalue weighted by Gasteiger charge is 2.22. The van der Waals surface area contributed by atoms with Crippen molar-refractivity contribution in [1.29, 1.82) is 0 Å². The van der Waals surface area contributed by atoms with E-state index in [1.807, 2.05) is 46.8 Å². The number of piperazine rings is 1. The predicted octanol–water partition coefficient (Wildman–Crippen LogP) is 1.39. The van der Waals surface area contributed by atoms with Gasteiger partial charge in [0, 0.05) is 32.2 Å². The maximum atomic E-state index is 10.8. The van der Waals surface area contributed by atoms with Gasteiger partial charge in [0.1, 0.15) is 5.82 Å². The Morgan fingerprint density at radius 2 is 1.86 bits per heavy atom. The van der Waals surface area contributed by atoms with Gasteiger partial charge in [0.25, 0.3) is 0 Å². The fourth-order valence-electron chi connectivity index (χ4n) is 2.80. The van der Waals surface area contributed by atoms with Crippen LogP contribution in [0.3, 0.4) is 0 Å². The highest BCUT2D eigenvalue weighted by atomic mass is 16.4. The van der Waals surface area contributed by atoms with Gasteiger partial charge in [-0.1, -0.05) is 18.2 Å². The van der Waals surface area contributed by atoms with E-state index >= 15 is 0 Å². The first-order valence-electron chi connectivity index (χ1n) is 7.44. The summed E-state index contributed by atoms with van der Waals surface area (Å²) in [6.07, 6.45) is 0. The lowest BCUT2D eigenvalue weighted by atomic mass is 10.3. The molecule has 116 valence electrons. The van der Waals surface area contributed by atoms with Crippen molar-refractivity contribution in [3.63, 3.8) is 0 Å². The van der Waals surface area contributed by atoms with Gasteiger partial charge in [0.05, 0.1) is 17.9 Å². The summed E-state index contributed by atoms with van der Waals surface area (Å²) in [6.45, 7) is 5.24. The smallest absolute Gasteiger partial charge is 0.317 e. The lowest BCUT2D eigenvalue weighted by Gasteiger charge is -2.35. The van der Waals surface area contributed by atoms with Crippen LogP contribution >= 0.6 is 0 Å². The summed E-state index contributed by atoms with van der Waals surface area (Å²) in [4.78, 5) is 15.0. The average Bonchev–Trinajstić information content (AvgIpc) is 2.90. The Bertz CT molecular complexity index is 645. The van der Waals surface area contributed by atoms with Crippen molar-refractivity contribution in [3.05, 3.63) is 42.1 Å².